The van der Waals surface area contributed by atoms with Gasteiger partial charge in [-0.05, 0) is 22.3 Å². The quantitative estimate of drug-likeness (QED) is 0.364. The molecule has 0 radical (unpaired) electrons. The van der Waals surface area contributed by atoms with E-state index in [0.29, 0.717) is 11.2 Å². The lowest BCUT2D eigenvalue weighted by Gasteiger charge is -2.18. The fraction of sp³-hybridized carbons (Fsp3) is 0.526. The summed E-state index contributed by atoms with van der Waals surface area (Å²) in [5.41, 5.74) is 6.16. The summed E-state index contributed by atoms with van der Waals surface area (Å²) in [6.45, 7) is 13.3. The van der Waals surface area contributed by atoms with Crippen molar-refractivity contribution in [3.8, 4) is 10.8 Å². The molecule has 1 saturated heterocycles. The van der Waals surface area contributed by atoms with Crippen molar-refractivity contribution in [1.29, 1.82) is 0 Å². The summed E-state index contributed by atoms with van der Waals surface area (Å²) in [6.07, 6.45) is 0. The van der Waals surface area contributed by atoms with Crippen LogP contribution in [0.1, 0.15) is 30.9 Å². The topological polar surface area (TPSA) is 3.24 Å². The average Bonchev–Trinajstić information content (AvgIpc) is 2.83. The average molecular weight is 394 g/mol. The number of hydrogen-bond donors (Lipinski definition) is 0. The van der Waals surface area contributed by atoms with E-state index in [2.05, 4.69) is 73.5 Å². The molecule has 1 heterocycles. The lowest BCUT2D eigenvalue weighted by molar-refractivity contribution is 0.444. The SMILES string of the molecule is CC(C)c1ccc(CN2CC(CSC#C[Si](C)(C)C)SC2=S)cc1. The lowest BCUT2D eigenvalue weighted by Crippen LogP contribution is -2.24. The standard InChI is InChI=1S/C19H27NS3Si/c1-15(2)17-8-6-16(7-9-17)12-20-13-18(23-19(20)21)14-22-10-11-24(3,4)5/h6-9,15,18H,12-14H2,1-5H3. The minimum Gasteiger partial charge on any atom is -0.352 e. The maximum Gasteiger partial charge on any atom is 0.137 e. The van der Waals surface area contributed by atoms with Gasteiger partial charge in [0.05, 0.1) is 0 Å². The number of benzene rings is 1. The van der Waals surface area contributed by atoms with Crippen molar-refractivity contribution in [2.45, 2.75) is 51.2 Å². The molecule has 1 aliphatic rings. The normalized spacial score (nSPS) is 18.0. The molecule has 1 aromatic carbocycles. The van der Waals surface area contributed by atoms with Crippen molar-refractivity contribution in [3.63, 3.8) is 0 Å². The summed E-state index contributed by atoms with van der Waals surface area (Å²) in [6, 6.07) is 8.96. The van der Waals surface area contributed by atoms with Gasteiger partial charge in [-0.2, -0.15) is 0 Å². The van der Waals surface area contributed by atoms with Crippen molar-refractivity contribution < 1.29 is 0 Å². The molecule has 24 heavy (non-hydrogen) atoms. The van der Waals surface area contributed by atoms with Gasteiger partial charge in [-0.3, -0.25) is 0 Å². The first-order valence-electron chi connectivity index (χ1n) is 8.43. The molecule has 0 bridgehead atoms. The van der Waals surface area contributed by atoms with Gasteiger partial charge in [0.2, 0.25) is 0 Å². The third-order valence-electron chi connectivity index (χ3n) is 3.74. The van der Waals surface area contributed by atoms with E-state index in [1.54, 1.807) is 11.8 Å². The first-order chi connectivity index (χ1) is 11.2. The summed E-state index contributed by atoms with van der Waals surface area (Å²) in [4.78, 5) is 2.33. The van der Waals surface area contributed by atoms with Crippen molar-refractivity contribution in [2.24, 2.45) is 0 Å². The van der Waals surface area contributed by atoms with Gasteiger partial charge in [0.15, 0.2) is 0 Å². The minimum atomic E-state index is -1.25. The largest absolute Gasteiger partial charge is 0.352 e. The molecule has 1 atom stereocenters. The van der Waals surface area contributed by atoms with Crippen LogP contribution in [-0.2, 0) is 6.54 Å². The molecule has 0 amide bonds. The summed E-state index contributed by atoms with van der Waals surface area (Å²) in [5.74, 6) is 1.64. The molecule has 1 nitrogen and oxygen atoms in total. The first kappa shape index (κ1) is 19.9. The molecule has 0 aromatic heterocycles. The zero-order valence-electron chi connectivity index (χ0n) is 15.3. The van der Waals surface area contributed by atoms with E-state index >= 15 is 0 Å². The summed E-state index contributed by atoms with van der Waals surface area (Å²) in [5, 5.41) is 3.86. The van der Waals surface area contributed by atoms with Crippen LogP contribution in [-0.4, -0.2) is 34.8 Å². The fourth-order valence-corrected chi connectivity index (χ4v) is 6.08. The van der Waals surface area contributed by atoms with Gasteiger partial charge in [-0.15, -0.1) is 5.54 Å². The van der Waals surface area contributed by atoms with E-state index in [1.165, 1.54) is 11.1 Å². The van der Waals surface area contributed by atoms with Crippen LogP contribution in [0.4, 0.5) is 0 Å². The molecule has 0 saturated carbocycles. The molecule has 5 heteroatoms. The fourth-order valence-electron chi connectivity index (χ4n) is 2.34. The first-order valence-corrected chi connectivity index (χ1v) is 14.2. The highest BCUT2D eigenvalue weighted by Gasteiger charge is 2.27. The van der Waals surface area contributed by atoms with E-state index in [-0.39, 0.29) is 0 Å². The monoisotopic (exact) mass is 393 g/mol. The van der Waals surface area contributed by atoms with Gasteiger partial charge in [0.25, 0.3) is 0 Å². The van der Waals surface area contributed by atoms with Crippen molar-refractivity contribution in [1.82, 2.24) is 4.90 Å². The Hall–Kier alpha value is -0.413. The second-order valence-corrected chi connectivity index (χ2v) is 15.1. The van der Waals surface area contributed by atoms with E-state index in [9.17, 15) is 0 Å². The number of rotatable bonds is 5. The third kappa shape index (κ3) is 6.48. The maximum atomic E-state index is 5.57. The predicted octanol–water partition coefficient (Wildman–Crippen LogP) is 5.58. The molecule has 0 spiro atoms. The number of nitrogens with zero attached hydrogens (tertiary/aromatic N) is 1. The van der Waals surface area contributed by atoms with Crippen LogP contribution in [0.15, 0.2) is 24.3 Å². The van der Waals surface area contributed by atoms with E-state index in [1.807, 2.05) is 11.8 Å². The summed E-state index contributed by atoms with van der Waals surface area (Å²) >= 11 is 9.17. The summed E-state index contributed by atoms with van der Waals surface area (Å²) < 4.78 is 1.03. The van der Waals surface area contributed by atoms with Crippen molar-refractivity contribution in [2.75, 3.05) is 12.3 Å². The third-order valence-corrected chi connectivity index (χ3v) is 7.48. The Morgan fingerprint density at radius 1 is 1.29 bits per heavy atom. The van der Waals surface area contributed by atoms with Crippen LogP contribution in [0.25, 0.3) is 0 Å². The molecule has 2 rings (SSSR count). The van der Waals surface area contributed by atoms with Crippen molar-refractivity contribution >= 4 is 48.1 Å². The molecule has 130 valence electrons. The molecule has 0 N–H and O–H groups in total. The van der Waals surface area contributed by atoms with Crippen molar-refractivity contribution in [3.05, 3.63) is 35.4 Å². The van der Waals surface area contributed by atoms with E-state index in [0.717, 1.165) is 23.2 Å². The van der Waals surface area contributed by atoms with Gasteiger partial charge in [0, 0.05) is 24.1 Å². The molecule has 1 fully saturated rings. The van der Waals surface area contributed by atoms with E-state index in [4.69, 9.17) is 12.2 Å². The Labute approximate surface area is 162 Å². The second-order valence-electron chi connectivity index (χ2n) is 7.57. The zero-order valence-corrected chi connectivity index (χ0v) is 18.7. The lowest BCUT2D eigenvalue weighted by atomic mass is 10.0. The van der Waals surface area contributed by atoms with Crippen LogP contribution in [0.2, 0.25) is 19.6 Å². The highest BCUT2D eigenvalue weighted by Crippen LogP contribution is 2.29. The maximum absolute atomic E-state index is 5.57. The van der Waals surface area contributed by atoms with Gasteiger partial charge in [-0.1, -0.05) is 93.5 Å². The number of thioether (sulfide) groups is 2. The molecule has 1 unspecified atom stereocenters. The summed E-state index contributed by atoms with van der Waals surface area (Å²) in [7, 11) is -1.25. The van der Waals surface area contributed by atoms with Crippen LogP contribution >= 0.6 is 35.7 Å². The Morgan fingerprint density at radius 3 is 2.54 bits per heavy atom. The second kappa shape index (κ2) is 8.80. The van der Waals surface area contributed by atoms with Crippen LogP contribution in [0, 0.1) is 10.8 Å². The predicted molar refractivity (Wildman–Crippen MR) is 118 cm³/mol. The molecular weight excluding hydrogens is 367 g/mol. The van der Waals surface area contributed by atoms with Crippen LogP contribution in [0.5, 0.6) is 0 Å². The molecule has 0 aliphatic carbocycles. The smallest absolute Gasteiger partial charge is 0.137 e. The van der Waals surface area contributed by atoms with Gasteiger partial charge in [-0.25, -0.2) is 0 Å². The Kier molecular flexibility index (Phi) is 7.30. The zero-order chi connectivity index (χ0) is 17.7. The van der Waals surface area contributed by atoms with Crippen LogP contribution < -0.4 is 0 Å². The Bertz CT molecular complexity index is 623. The highest BCUT2D eigenvalue weighted by molar-refractivity contribution is 8.24. The molecular formula is C19H27NS3Si. The highest BCUT2D eigenvalue weighted by atomic mass is 32.2. The number of hydrogen-bond acceptors (Lipinski definition) is 3. The van der Waals surface area contributed by atoms with Gasteiger partial charge < -0.3 is 4.90 Å². The minimum absolute atomic E-state index is 0.563. The molecule has 1 aromatic rings. The van der Waals surface area contributed by atoms with E-state index < -0.39 is 8.07 Å². The Balaban J connectivity index is 1.84. The molecule has 1 aliphatic heterocycles. The van der Waals surface area contributed by atoms with Gasteiger partial charge in [0.1, 0.15) is 12.4 Å². The number of thiocarbonyl (C=S) groups is 1. The Morgan fingerprint density at radius 2 is 1.96 bits per heavy atom. The van der Waals surface area contributed by atoms with Gasteiger partial charge >= 0.3 is 0 Å². The van der Waals surface area contributed by atoms with Crippen LogP contribution in [0.3, 0.4) is 0 Å².